The third-order valence-electron chi connectivity index (χ3n) is 4.27. The summed E-state index contributed by atoms with van der Waals surface area (Å²) in [5, 5.41) is 2.94. The van der Waals surface area contributed by atoms with E-state index in [0.717, 1.165) is 24.2 Å². The van der Waals surface area contributed by atoms with E-state index in [9.17, 15) is 4.79 Å². The molecule has 0 bridgehead atoms. The average Bonchev–Trinajstić information content (AvgIpc) is 2.60. The molecule has 2 heterocycles. The van der Waals surface area contributed by atoms with Crippen LogP contribution < -0.4 is 10.2 Å². The second-order valence-corrected chi connectivity index (χ2v) is 7.75. The van der Waals surface area contributed by atoms with Crippen LogP contribution in [0.5, 0.6) is 0 Å². The van der Waals surface area contributed by atoms with E-state index in [1.807, 2.05) is 18.2 Å². The number of hydrogen-bond acceptors (Lipinski definition) is 3. The second kappa shape index (κ2) is 7.21. The van der Waals surface area contributed by atoms with E-state index in [1.54, 1.807) is 12.3 Å². The lowest BCUT2D eigenvalue weighted by Gasteiger charge is -2.28. The van der Waals surface area contributed by atoms with Gasteiger partial charge in [-0.2, -0.15) is 0 Å². The van der Waals surface area contributed by atoms with Gasteiger partial charge in [-0.3, -0.25) is 4.79 Å². The van der Waals surface area contributed by atoms with Crippen molar-refractivity contribution in [2.45, 2.75) is 33.6 Å². The molecule has 0 saturated carbocycles. The molecule has 0 radical (unpaired) electrons. The molecule has 0 saturated heterocycles. The van der Waals surface area contributed by atoms with Crippen LogP contribution >= 0.6 is 0 Å². The zero-order valence-corrected chi connectivity index (χ0v) is 15.9. The number of hydrogen-bond donors (Lipinski definition) is 1. The Kier molecular flexibility index (Phi) is 4.99. The van der Waals surface area contributed by atoms with Crippen molar-refractivity contribution in [3.8, 4) is 11.8 Å². The van der Waals surface area contributed by atoms with Crippen molar-refractivity contribution in [1.29, 1.82) is 0 Å². The maximum Gasteiger partial charge on any atom is 0.274 e. The number of carbonyl (C=O) groups excluding carboxylic acids is 1. The van der Waals surface area contributed by atoms with Gasteiger partial charge in [0.05, 0.1) is 0 Å². The number of rotatable bonds is 2. The molecule has 1 aliphatic heterocycles. The van der Waals surface area contributed by atoms with Crippen LogP contribution in [-0.2, 0) is 6.42 Å². The average molecular weight is 347 g/mol. The number of aromatic nitrogens is 1. The van der Waals surface area contributed by atoms with Crippen LogP contribution in [0.25, 0.3) is 0 Å². The summed E-state index contributed by atoms with van der Waals surface area (Å²) < 4.78 is 0. The topological polar surface area (TPSA) is 45.2 Å². The number of anilines is 2. The largest absolute Gasteiger partial charge is 0.374 e. The van der Waals surface area contributed by atoms with Gasteiger partial charge in [-0.05, 0) is 63.4 Å². The standard InChI is InChI=1S/C22H25N3O/c1-22(2,3)12-11-16-7-10-19(23-15-16)21(26)24-18-9-8-17-6-5-13-25(4)20(17)14-18/h7-10,14-15H,5-6,13H2,1-4H3,(H,24,26). The van der Waals surface area contributed by atoms with Gasteiger partial charge in [0.15, 0.2) is 0 Å². The maximum atomic E-state index is 12.5. The Morgan fingerprint density at radius 1 is 1.23 bits per heavy atom. The van der Waals surface area contributed by atoms with Crippen LogP contribution in [0.4, 0.5) is 11.4 Å². The van der Waals surface area contributed by atoms with Gasteiger partial charge in [0.25, 0.3) is 5.91 Å². The van der Waals surface area contributed by atoms with E-state index >= 15 is 0 Å². The maximum absolute atomic E-state index is 12.5. The highest BCUT2D eigenvalue weighted by molar-refractivity contribution is 6.03. The van der Waals surface area contributed by atoms with E-state index in [2.05, 4.69) is 60.9 Å². The number of aryl methyl sites for hydroxylation is 1. The van der Waals surface area contributed by atoms with Crippen molar-refractivity contribution >= 4 is 17.3 Å². The Morgan fingerprint density at radius 3 is 2.73 bits per heavy atom. The third kappa shape index (κ3) is 4.43. The number of carbonyl (C=O) groups is 1. The summed E-state index contributed by atoms with van der Waals surface area (Å²) in [6.45, 7) is 7.23. The van der Waals surface area contributed by atoms with Crippen LogP contribution in [0.15, 0.2) is 36.5 Å². The Bertz CT molecular complexity index is 867. The van der Waals surface area contributed by atoms with Gasteiger partial charge >= 0.3 is 0 Å². The summed E-state index contributed by atoms with van der Waals surface area (Å²) in [7, 11) is 2.09. The molecule has 4 nitrogen and oxygen atoms in total. The van der Waals surface area contributed by atoms with Crippen molar-refractivity contribution in [2.75, 3.05) is 23.8 Å². The first-order valence-electron chi connectivity index (χ1n) is 8.96. The molecule has 134 valence electrons. The van der Waals surface area contributed by atoms with Gasteiger partial charge < -0.3 is 10.2 Å². The molecule has 2 aromatic rings. The normalized spacial score (nSPS) is 13.5. The van der Waals surface area contributed by atoms with E-state index in [0.29, 0.717) is 5.69 Å². The van der Waals surface area contributed by atoms with E-state index in [4.69, 9.17) is 0 Å². The van der Waals surface area contributed by atoms with E-state index in [1.165, 1.54) is 17.7 Å². The fourth-order valence-corrected chi connectivity index (χ4v) is 2.89. The van der Waals surface area contributed by atoms with Gasteiger partial charge in [0.2, 0.25) is 0 Å². The molecule has 26 heavy (non-hydrogen) atoms. The summed E-state index contributed by atoms with van der Waals surface area (Å²) >= 11 is 0. The molecule has 4 heteroatoms. The molecule has 1 amide bonds. The molecule has 0 fully saturated rings. The smallest absolute Gasteiger partial charge is 0.274 e. The van der Waals surface area contributed by atoms with Crippen LogP contribution in [0.2, 0.25) is 0 Å². The number of nitrogens with one attached hydrogen (secondary N) is 1. The van der Waals surface area contributed by atoms with Gasteiger partial charge in [-0.25, -0.2) is 4.98 Å². The van der Waals surface area contributed by atoms with Crippen molar-refractivity contribution in [1.82, 2.24) is 4.98 Å². The number of fused-ring (bicyclic) bond motifs is 1. The van der Waals surface area contributed by atoms with E-state index < -0.39 is 0 Å². The quantitative estimate of drug-likeness (QED) is 0.832. The number of benzene rings is 1. The minimum atomic E-state index is -0.209. The predicted octanol–water partition coefficient (Wildman–Crippen LogP) is 4.11. The molecule has 0 spiro atoms. The lowest BCUT2D eigenvalue weighted by atomic mass is 9.97. The molecule has 1 aromatic heterocycles. The summed E-state index contributed by atoms with van der Waals surface area (Å²) in [5.74, 6) is 6.04. The Hall–Kier alpha value is -2.80. The fourth-order valence-electron chi connectivity index (χ4n) is 2.89. The number of amides is 1. The third-order valence-corrected chi connectivity index (χ3v) is 4.27. The Labute approximate surface area is 155 Å². The first-order chi connectivity index (χ1) is 12.3. The predicted molar refractivity (Wildman–Crippen MR) is 107 cm³/mol. The van der Waals surface area contributed by atoms with Crippen molar-refractivity contribution in [2.24, 2.45) is 5.41 Å². The minimum absolute atomic E-state index is 0.0599. The molecule has 1 N–H and O–H groups in total. The summed E-state index contributed by atoms with van der Waals surface area (Å²) in [6.07, 6.45) is 3.91. The molecule has 1 aliphatic rings. The molecular formula is C22H25N3O. The minimum Gasteiger partial charge on any atom is -0.374 e. The van der Waals surface area contributed by atoms with Crippen molar-refractivity contribution in [3.63, 3.8) is 0 Å². The van der Waals surface area contributed by atoms with Crippen LogP contribution in [0.3, 0.4) is 0 Å². The second-order valence-electron chi connectivity index (χ2n) is 7.75. The van der Waals surface area contributed by atoms with Crippen LogP contribution in [-0.4, -0.2) is 24.5 Å². The molecule has 1 aromatic carbocycles. The summed E-state index contributed by atoms with van der Waals surface area (Å²) in [4.78, 5) is 19.0. The highest BCUT2D eigenvalue weighted by Gasteiger charge is 2.15. The van der Waals surface area contributed by atoms with Crippen LogP contribution in [0, 0.1) is 17.3 Å². The molecule has 0 unspecified atom stereocenters. The molecule has 0 aliphatic carbocycles. The van der Waals surface area contributed by atoms with Gasteiger partial charge in [0, 0.05) is 42.1 Å². The molecule has 0 atom stereocenters. The first kappa shape index (κ1) is 18.0. The van der Waals surface area contributed by atoms with E-state index in [-0.39, 0.29) is 11.3 Å². The lowest BCUT2D eigenvalue weighted by molar-refractivity contribution is 0.102. The highest BCUT2D eigenvalue weighted by atomic mass is 16.1. The highest BCUT2D eigenvalue weighted by Crippen LogP contribution is 2.29. The summed E-state index contributed by atoms with van der Waals surface area (Å²) in [6, 6.07) is 9.64. The van der Waals surface area contributed by atoms with Gasteiger partial charge in [-0.15, -0.1) is 0 Å². The van der Waals surface area contributed by atoms with Crippen molar-refractivity contribution in [3.05, 3.63) is 53.3 Å². The zero-order chi connectivity index (χ0) is 18.7. The fraction of sp³-hybridized carbons (Fsp3) is 0.364. The monoisotopic (exact) mass is 347 g/mol. The van der Waals surface area contributed by atoms with Crippen molar-refractivity contribution < 1.29 is 4.79 Å². The lowest BCUT2D eigenvalue weighted by Crippen LogP contribution is -2.25. The number of nitrogens with zero attached hydrogens (tertiary/aromatic N) is 2. The van der Waals surface area contributed by atoms with Crippen LogP contribution in [0.1, 0.15) is 48.8 Å². The SMILES string of the molecule is CN1CCCc2ccc(NC(=O)c3ccc(C#CC(C)(C)C)cn3)cc21. The zero-order valence-electron chi connectivity index (χ0n) is 15.9. The molecule has 3 rings (SSSR count). The Morgan fingerprint density at radius 2 is 2.04 bits per heavy atom. The summed E-state index contributed by atoms with van der Waals surface area (Å²) in [5.41, 5.74) is 4.45. The Balaban J connectivity index is 1.72. The van der Waals surface area contributed by atoms with Gasteiger partial charge in [-0.1, -0.05) is 17.9 Å². The van der Waals surface area contributed by atoms with Gasteiger partial charge in [0.1, 0.15) is 5.69 Å². The molecular weight excluding hydrogens is 322 g/mol. The number of pyridine rings is 1. The first-order valence-corrected chi connectivity index (χ1v) is 8.96.